The molecule has 0 bridgehead atoms. The number of hydrogen-bond donors (Lipinski definition) is 1. The fourth-order valence-electron chi connectivity index (χ4n) is 2.76. The molecule has 6 nitrogen and oxygen atoms in total. The maximum atomic E-state index is 12.7. The Morgan fingerprint density at radius 1 is 1.43 bits per heavy atom. The molecular weight excluding hydrogens is 312 g/mol. The number of halogens is 1. The minimum atomic E-state index is -3.54. The van der Waals surface area contributed by atoms with E-state index in [1.807, 2.05) is 0 Å². The smallest absolute Gasteiger partial charge is 0.246 e. The van der Waals surface area contributed by atoms with Crippen LogP contribution in [-0.4, -0.2) is 61.5 Å². The van der Waals surface area contributed by atoms with Gasteiger partial charge in [0.2, 0.25) is 10.0 Å². The topological polar surface area (TPSA) is 69.3 Å². The second kappa shape index (κ2) is 6.64. The zero-order chi connectivity index (χ0) is 15.6. The third-order valence-electron chi connectivity index (χ3n) is 4.11. The molecule has 8 heteroatoms. The standard InChI is InChI=1S/C13H23ClN4O2S/c1-10-13(12(8-14)16-15-10)21(19,20)18(3)9-11-4-6-17(2)7-5-11/h11H,4-9H2,1-3H3,(H,15,16). The van der Waals surface area contributed by atoms with E-state index in [0.717, 1.165) is 25.9 Å². The summed E-state index contributed by atoms with van der Waals surface area (Å²) in [7, 11) is 0.192. The number of hydrogen-bond acceptors (Lipinski definition) is 4. The van der Waals surface area contributed by atoms with Gasteiger partial charge in [-0.3, -0.25) is 5.10 Å². The predicted octanol–water partition coefficient (Wildman–Crippen LogP) is 1.42. The first kappa shape index (κ1) is 16.7. The number of nitrogens with one attached hydrogen (secondary N) is 1. The molecule has 1 aromatic heterocycles. The van der Waals surface area contributed by atoms with Crippen LogP contribution in [-0.2, 0) is 15.9 Å². The van der Waals surface area contributed by atoms with E-state index in [9.17, 15) is 8.42 Å². The third kappa shape index (κ3) is 3.59. The molecular formula is C13H23ClN4O2S. The summed E-state index contributed by atoms with van der Waals surface area (Å²) in [5.41, 5.74) is 0.935. The van der Waals surface area contributed by atoms with Gasteiger partial charge in [-0.2, -0.15) is 5.10 Å². The lowest BCUT2D eigenvalue weighted by Gasteiger charge is -2.31. The number of aryl methyl sites for hydroxylation is 1. The number of H-pyrrole nitrogens is 1. The molecule has 0 radical (unpaired) electrons. The number of sulfonamides is 1. The molecule has 0 unspecified atom stereocenters. The summed E-state index contributed by atoms with van der Waals surface area (Å²) in [6, 6.07) is 0. The molecule has 0 saturated carbocycles. The van der Waals surface area contributed by atoms with Gasteiger partial charge >= 0.3 is 0 Å². The van der Waals surface area contributed by atoms with Crippen LogP contribution in [0.25, 0.3) is 0 Å². The van der Waals surface area contributed by atoms with E-state index in [1.165, 1.54) is 4.31 Å². The normalized spacial score (nSPS) is 18.5. The van der Waals surface area contributed by atoms with E-state index in [2.05, 4.69) is 22.1 Å². The Morgan fingerprint density at radius 3 is 2.62 bits per heavy atom. The maximum absolute atomic E-state index is 12.7. The van der Waals surface area contributed by atoms with Crippen molar-refractivity contribution in [1.82, 2.24) is 19.4 Å². The van der Waals surface area contributed by atoms with E-state index in [-0.39, 0.29) is 10.8 Å². The summed E-state index contributed by atoms with van der Waals surface area (Å²) < 4.78 is 26.9. The summed E-state index contributed by atoms with van der Waals surface area (Å²) >= 11 is 5.79. The highest BCUT2D eigenvalue weighted by atomic mass is 35.5. The van der Waals surface area contributed by atoms with Crippen molar-refractivity contribution < 1.29 is 8.42 Å². The van der Waals surface area contributed by atoms with Gasteiger partial charge in [-0.05, 0) is 45.8 Å². The SMILES string of the molecule is Cc1[nH]nc(CCl)c1S(=O)(=O)N(C)CC1CCN(C)CC1. The minimum Gasteiger partial charge on any atom is -0.306 e. The summed E-state index contributed by atoms with van der Waals surface area (Å²) in [4.78, 5) is 2.50. The molecule has 1 fully saturated rings. The molecule has 1 aromatic rings. The minimum absolute atomic E-state index is 0.0843. The van der Waals surface area contributed by atoms with Crippen LogP contribution in [0.4, 0.5) is 0 Å². The second-order valence-corrected chi connectivity index (χ2v) is 8.04. The monoisotopic (exact) mass is 334 g/mol. The lowest BCUT2D eigenvalue weighted by atomic mass is 9.97. The van der Waals surface area contributed by atoms with E-state index < -0.39 is 10.0 Å². The van der Waals surface area contributed by atoms with Crippen LogP contribution < -0.4 is 0 Å². The first-order valence-electron chi connectivity index (χ1n) is 7.11. The molecule has 2 rings (SSSR count). The zero-order valence-electron chi connectivity index (χ0n) is 12.8. The van der Waals surface area contributed by atoms with Crippen molar-refractivity contribution in [3.63, 3.8) is 0 Å². The highest BCUT2D eigenvalue weighted by Gasteiger charge is 2.30. The number of alkyl halides is 1. The highest BCUT2D eigenvalue weighted by molar-refractivity contribution is 7.89. The van der Waals surface area contributed by atoms with Crippen molar-refractivity contribution in [2.24, 2.45) is 5.92 Å². The summed E-state index contributed by atoms with van der Waals surface area (Å²) in [6.07, 6.45) is 2.06. The molecule has 1 aliphatic rings. The molecule has 120 valence electrons. The van der Waals surface area contributed by atoms with Crippen LogP contribution in [0.1, 0.15) is 24.2 Å². The van der Waals surface area contributed by atoms with Gasteiger partial charge in [-0.15, -0.1) is 11.6 Å². The molecule has 0 atom stereocenters. The Morgan fingerprint density at radius 2 is 2.05 bits per heavy atom. The number of piperidine rings is 1. The average molecular weight is 335 g/mol. The number of aromatic amines is 1. The van der Waals surface area contributed by atoms with Crippen molar-refractivity contribution in [3.05, 3.63) is 11.4 Å². The average Bonchev–Trinajstić information content (AvgIpc) is 2.83. The quantitative estimate of drug-likeness (QED) is 0.827. The van der Waals surface area contributed by atoms with Gasteiger partial charge in [0.25, 0.3) is 0 Å². The molecule has 1 saturated heterocycles. The lowest BCUT2D eigenvalue weighted by molar-refractivity contribution is 0.202. The van der Waals surface area contributed by atoms with Crippen LogP contribution in [0.5, 0.6) is 0 Å². The van der Waals surface area contributed by atoms with Gasteiger partial charge in [0.1, 0.15) is 4.90 Å². The van der Waals surface area contributed by atoms with Crippen molar-refractivity contribution in [1.29, 1.82) is 0 Å². The molecule has 0 aliphatic carbocycles. The van der Waals surface area contributed by atoms with Gasteiger partial charge in [0.15, 0.2) is 0 Å². The lowest BCUT2D eigenvalue weighted by Crippen LogP contribution is -2.38. The van der Waals surface area contributed by atoms with Gasteiger partial charge in [-0.1, -0.05) is 0 Å². The molecule has 0 aromatic carbocycles. The first-order valence-corrected chi connectivity index (χ1v) is 9.08. The zero-order valence-corrected chi connectivity index (χ0v) is 14.3. The number of aromatic nitrogens is 2. The van der Waals surface area contributed by atoms with E-state index in [4.69, 9.17) is 11.6 Å². The van der Waals surface area contributed by atoms with E-state index in [0.29, 0.717) is 23.9 Å². The van der Waals surface area contributed by atoms with Crippen LogP contribution in [0.15, 0.2) is 4.90 Å². The van der Waals surface area contributed by atoms with Crippen LogP contribution in [0.3, 0.4) is 0 Å². The molecule has 2 heterocycles. The second-order valence-electron chi connectivity index (χ2n) is 5.79. The van der Waals surface area contributed by atoms with Crippen LogP contribution >= 0.6 is 11.6 Å². The fourth-order valence-corrected chi connectivity index (χ4v) is 4.60. The Bertz CT molecular complexity index is 579. The summed E-state index contributed by atoms with van der Waals surface area (Å²) in [6.45, 7) is 4.30. The Hall–Kier alpha value is -0.630. The fraction of sp³-hybridized carbons (Fsp3) is 0.769. The van der Waals surface area contributed by atoms with Gasteiger partial charge < -0.3 is 4.90 Å². The summed E-state index contributed by atoms with van der Waals surface area (Å²) in [5, 5.41) is 6.68. The van der Waals surface area contributed by atoms with Crippen molar-refractivity contribution in [3.8, 4) is 0 Å². The largest absolute Gasteiger partial charge is 0.306 e. The van der Waals surface area contributed by atoms with Gasteiger partial charge in [0, 0.05) is 13.6 Å². The van der Waals surface area contributed by atoms with E-state index in [1.54, 1.807) is 14.0 Å². The molecule has 0 amide bonds. The molecule has 1 N–H and O–H groups in total. The molecule has 0 spiro atoms. The molecule has 1 aliphatic heterocycles. The number of rotatable bonds is 5. The van der Waals surface area contributed by atoms with Gasteiger partial charge in [-0.25, -0.2) is 12.7 Å². The van der Waals surface area contributed by atoms with Crippen LogP contribution in [0.2, 0.25) is 0 Å². The van der Waals surface area contributed by atoms with Crippen molar-refractivity contribution in [2.45, 2.75) is 30.5 Å². The first-order chi connectivity index (χ1) is 9.86. The number of likely N-dealkylation sites (tertiary alicyclic amines) is 1. The van der Waals surface area contributed by atoms with Crippen molar-refractivity contribution >= 4 is 21.6 Å². The number of nitrogens with zero attached hydrogens (tertiary/aromatic N) is 3. The van der Waals surface area contributed by atoms with Crippen molar-refractivity contribution in [2.75, 3.05) is 33.7 Å². The van der Waals surface area contributed by atoms with Gasteiger partial charge in [0.05, 0.1) is 17.3 Å². The Labute approximate surface area is 131 Å². The van der Waals surface area contributed by atoms with Crippen LogP contribution in [0, 0.1) is 12.8 Å². The van der Waals surface area contributed by atoms with E-state index >= 15 is 0 Å². The summed E-state index contributed by atoms with van der Waals surface area (Å²) in [5.74, 6) is 0.494. The predicted molar refractivity (Wildman–Crippen MR) is 82.9 cm³/mol. The third-order valence-corrected chi connectivity index (χ3v) is 6.39. The highest BCUT2D eigenvalue weighted by Crippen LogP contribution is 2.25. The maximum Gasteiger partial charge on any atom is 0.246 e. The Kier molecular flexibility index (Phi) is 5.29. The Balaban J connectivity index is 2.13. The molecule has 21 heavy (non-hydrogen) atoms.